The van der Waals surface area contributed by atoms with Crippen LogP contribution in [0.2, 0.25) is 0 Å². The maximum Gasteiger partial charge on any atom is 0.146 e. The van der Waals surface area contributed by atoms with Crippen molar-refractivity contribution in [3.8, 4) is 5.75 Å². The van der Waals surface area contributed by atoms with E-state index in [9.17, 15) is 4.39 Å². The van der Waals surface area contributed by atoms with Gasteiger partial charge < -0.3 is 10.1 Å². The van der Waals surface area contributed by atoms with Gasteiger partial charge in [-0.3, -0.25) is 0 Å². The van der Waals surface area contributed by atoms with E-state index in [4.69, 9.17) is 4.74 Å². The van der Waals surface area contributed by atoms with Crippen molar-refractivity contribution in [1.29, 1.82) is 0 Å². The Morgan fingerprint density at radius 2 is 2.29 bits per heavy atom. The van der Waals surface area contributed by atoms with Gasteiger partial charge in [0.2, 0.25) is 0 Å². The normalized spacial score (nSPS) is 16.1. The lowest BCUT2D eigenvalue weighted by Crippen LogP contribution is -2.33. The monoisotopic (exact) mass is 213 g/mol. The molecule has 1 heterocycles. The van der Waals surface area contributed by atoms with E-state index in [0.29, 0.717) is 17.5 Å². The number of rotatable bonds is 3. The van der Waals surface area contributed by atoms with Crippen LogP contribution in [0.3, 0.4) is 0 Å². The zero-order valence-electron chi connectivity index (χ0n) is 7.92. The number of hydrogen-bond donors (Lipinski definition) is 1. The SMILES string of the molecule is COc1ccc(F)c(NC2CSC2)c1. The molecule has 1 aromatic carbocycles. The van der Waals surface area contributed by atoms with Gasteiger partial charge in [0.05, 0.1) is 12.8 Å². The fraction of sp³-hybridized carbons (Fsp3) is 0.400. The Balaban J connectivity index is 2.13. The van der Waals surface area contributed by atoms with E-state index >= 15 is 0 Å². The smallest absolute Gasteiger partial charge is 0.146 e. The summed E-state index contributed by atoms with van der Waals surface area (Å²) in [6.45, 7) is 0. The molecular weight excluding hydrogens is 201 g/mol. The second kappa shape index (κ2) is 4.09. The molecule has 0 aromatic heterocycles. The van der Waals surface area contributed by atoms with Gasteiger partial charge in [-0.25, -0.2) is 4.39 Å². The highest BCUT2D eigenvalue weighted by Crippen LogP contribution is 2.26. The Bertz CT molecular complexity index is 328. The van der Waals surface area contributed by atoms with Gasteiger partial charge in [0, 0.05) is 23.6 Å². The zero-order valence-corrected chi connectivity index (χ0v) is 8.73. The lowest BCUT2D eigenvalue weighted by Gasteiger charge is -2.27. The highest BCUT2D eigenvalue weighted by molar-refractivity contribution is 8.00. The molecule has 4 heteroatoms. The first-order valence-electron chi connectivity index (χ1n) is 4.47. The van der Waals surface area contributed by atoms with E-state index < -0.39 is 0 Å². The molecule has 0 saturated carbocycles. The first-order valence-corrected chi connectivity index (χ1v) is 5.63. The predicted molar refractivity (Wildman–Crippen MR) is 57.7 cm³/mol. The number of nitrogens with one attached hydrogen (secondary N) is 1. The topological polar surface area (TPSA) is 21.3 Å². The van der Waals surface area contributed by atoms with E-state index in [1.807, 2.05) is 11.8 Å². The maximum atomic E-state index is 13.3. The van der Waals surface area contributed by atoms with E-state index in [0.717, 1.165) is 11.5 Å². The largest absolute Gasteiger partial charge is 0.497 e. The molecule has 1 fully saturated rings. The Morgan fingerprint density at radius 3 is 2.86 bits per heavy atom. The summed E-state index contributed by atoms with van der Waals surface area (Å²) in [5.41, 5.74) is 0.537. The van der Waals surface area contributed by atoms with Crippen molar-refractivity contribution in [2.45, 2.75) is 6.04 Å². The number of benzene rings is 1. The third-order valence-corrected chi connectivity index (χ3v) is 3.45. The lowest BCUT2D eigenvalue weighted by molar-refractivity contribution is 0.414. The second-order valence-corrected chi connectivity index (χ2v) is 4.30. The predicted octanol–water partition coefficient (Wildman–Crippen LogP) is 2.36. The molecule has 1 saturated heterocycles. The van der Waals surface area contributed by atoms with Crippen molar-refractivity contribution >= 4 is 17.4 Å². The molecule has 0 aliphatic carbocycles. The molecule has 76 valence electrons. The van der Waals surface area contributed by atoms with Crippen molar-refractivity contribution < 1.29 is 9.13 Å². The minimum Gasteiger partial charge on any atom is -0.497 e. The van der Waals surface area contributed by atoms with Crippen LogP contribution in [-0.2, 0) is 0 Å². The lowest BCUT2D eigenvalue weighted by atomic mass is 10.2. The van der Waals surface area contributed by atoms with Gasteiger partial charge in [-0.1, -0.05) is 0 Å². The van der Waals surface area contributed by atoms with Crippen molar-refractivity contribution in [3.63, 3.8) is 0 Å². The number of ether oxygens (including phenoxy) is 1. The standard InChI is InChI=1S/C10H12FNOS/c1-13-8-2-3-9(11)10(4-8)12-7-5-14-6-7/h2-4,7,12H,5-6H2,1H3. The van der Waals surface area contributed by atoms with Crippen LogP contribution < -0.4 is 10.1 Å². The average Bonchev–Trinajstić information content (AvgIpc) is 2.14. The van der Waals surface area contributed by atoms with Crippen LogP contribution in [0.25, 0.3) is 0 Å². The molecule has 0 radical (unpaired) electrons. The van der Waals surface area contributed by atoms with Gasteiger partial charge >= 0.3 is 0 Å². The van der Waals surface area contributed by atoms with Crippen LogP contribution in [-0.4, -0.2) is 24.7 Å². The number of thioether (sulfide) groups is 1. The summed E-state index contributed by atoms with van der Waals surface area (Å²) in [6.07, 6.45) is 0. The average molecular weight is 213 g/mol. The molecule has 1 aliphatic rings. The summed E-state index contributed by atoms with van der Waals surface area (Å²) < 4.78 is 18.3. The van der Waals surface area contributed by atoms with E-state index in [1.54, 1.807) is 19.2 Å². The molecule has 2 nitrogen and oxygen atoms in total. The van der Waals surface area contributed by atoms with Gasteiger partial charge in [-0.15, -0.1) is 0 Å². The number of methoxy groups -OCH3 is 1. The molecule has 0 bridgehead atoms. The molecule has 1 aromatic rings. The molecule has 0 unspecified atom stereocenters. The van der Waals surface area contributed by atoms with Gasteiger partial charge in [0.15, 0.2) is 0 Å². The van der Waals surface area contributed by atoms with Gasteiger partial charge in [-0.2, -0.15) is 11.8 Å². The Labute approximate surface area is 86.8 Å². The van der Waals surface area contributed by atoms with E-state index in [2.05, 4.69) is 5.32 Å². The van der Waals surface area contributed by atoms with Crippen LogP contribution >= 0.6 is 11.8 Å². The summed E-state index contributed by atoms with van der Waals surface area (Å²) in [5.74, 6) is 2.57. The summed E-state index contributed by atoms with van der Waals surface area (Å²) in [5, 5.41) is 3.15. The van der Waals surface area contributed by atoms with Crippen molar-refractivity contribution in [2.24, 2.45) is 0 Å². The summed E-state index contributed by atoms with van der Waals surface area (Å²) in [7, 11) is 1.58. The molecule has 0 atom stereocenters. The van der Waals surface area contributed by atoms with Crippen molar-refractivity contribution in [2.75, 3.05) is 23.9 Å². The highest BCUT2D eigenvalue weighted by atomic mass is 32.2. The summed E-state index contributed by atoms with van der Waals surface area (Å²) >= 11 is 1.86. The Morgan fingerprint density at radius 1 is 1.50 bits per heavy atom. The van der Waals surface area contributed by atoms with Gasteiger partial charge in [0.25, 0.3) is 0 Å². The molecule has 1 N–H and O–H groups in total. The van der Waals surface area contributed by atoms with Gasteiger partial charge in [-0.05, 0) is 12.1 Å². The molecule has 0 amide bonds. The van der Waals surface area contributed by atoms with Crippen LogP contribution in [0.4, 0.5) is 10.1 Å². The van der Waals surface area contributed by atoms with E-state index in [-0.39, 0.29) is 5.82 Å². The van der Waals surface area contributed by atoms with E-state index in [1.165, 1.54) is 6.07 Å². The quantitative estimate of drug-likeness (QED) is 0.832. The minimum atomic E-state index is -0.220. The fourth-order valence-electron chi connectivity index (χ4n) is 1.28. The number of anilines is 1. The molecule has 2 rings (SSSR count). The number of halogens is 1. The third-order valence-electron chi connectivity index (χ3n) is 2.17. The third kappa shape index (κ3) is 1.95. The van der Waals surface area contributed by atoms with Crippen LogP contribution in [0, 0.1) is 5.82 Å². The Kier molecular flexibility index (Phi) is 2.82. The zero-order chi connectivity index (χ0) is 9.97. The fourth-order valence-corrected chi connectivity index (χ4v) is 1.92. The maximum absolute atomic E-state index is 13.3. The first kappa shape index (κ1) is 9.65. The highest BCUT2D eigenvalue weighted by Gasteiger charge is 2.19. The van der Waals surface area contributed by atoms with Crippen molar-refractivity contribution in [3.05, 3.63) is 24.0 Å². The summed E-state index contributed by atoms with van der Waals surface area (Å²) in [4.78, 5) is 0. The second-order valence-electron chi connectivity index (χ2n) is 3.22. The van der Waals surface area contributed by atoms with Crippen LogP contribution in [0.15, 0.2) is 18.2 Å². The van der Waals surface area contributed by atoms with Crippen molar-refractivity contribution in [1.82, 2.24) is 0 Å². The number of hydrogen-bond acceptors (Lipinski definition) is 3. The molecule has 14 heavy (non-hydrogen) atoms. The van der Waals surface area contributed by atoms with Crippen LogP contribution in [0.1, 0.15) is 0 Å². The first-order chi connectivity index (χ1) is 6.79. The molecular formula is C10H12FNOS. The minimum absolute atomic E-state index is 0.220. The Hall–Kier alpha value is -0.900. The van der Waals surface area contributed by atoms with Gasteiger partial charge in [0.1, 0.15) is 11.6 Å². The van der Waals surface area contributed by atoms with Crippen LogP contribution in [0.5, 0.6) is 5.75 Å². The molecule has 0 spiro atoms. The molecule has 1 aliphatic heterocycles. The summed E-state index contributed by atoms with van der Waals surface area (Å²) in [6, 6.07) is 5.14.